The third-order valence-electron chi connectivity index (χ3n) is 7.10. The first-order chi connectivity index (χ1) is 16.4. The van der Waals surface area contributed by atoms with E-state index in [4.69, 9.17) is 14.4 Å². The maximum atomic E-state index is 13.1. The Morgan fingerprint density at radius 3 is 2.40 bits per heavy atom. The molecule has 3 heterocycles. The molecule has 0 spiro atoms. The highest BCUT2D eigenvalue weighted by Gasteiger charge is 2.51. The van der Waals surface area contributed by atoms with Crippen LogP contribution in [0.15, 0.2) is 30.5 Å². The number of aromatic amines is 1. The van der Waals surface area contributed by atoms with E-state index in [1.807, 2.05) is 52.0 Å². The van der Waals surface area contributed by atoms with Crippen LogP contribution in [0.3, 0.4) is 0 Å². The number of amides is 3. The molecule has 3 N–H and O–H groups in total. The summed E-state index contributed by atoms with van der Waals surface area (Å²) in [5.41, 5.74) is 4.14. The van der Waals surface area contributed by atoms with E-state index in [2.05, 4.69) is 15.4 Å². The van der Waals surface area contributed by atoms with Crippen LogP contribution in [0.2, 0.25) is 0 Å². The van der Waals surface area contributed by atoms with Crippen molar-refractivity contribution in [3.63, 3.8) is 0 Å². The first kappa shape index (κ1) is 25.1. The van der Waals surface area contributed by atoms with Gasteiger partial charge in [0.2, 0.25) is 0 Å². The van der Waals surface area contributed by atoms with E-state index in [-0.39, 0.29) is 18.1 Å². The van der Waals surface area contributed by atoms with E-state index in [9.17, 15) is 9.59 Å². The van der Waals surface area contributed by atoms with Crippen LogP contribution in [0.25, 0.3) is 11.3 Å². The van der Waals surface area contributed by atoms with Gasteiger partial charge < -0.3 is 24.3 Å². The molecule has 0 radical (unpaired) electrons. The lowest BCUT2D eigenvalue weighted by molar-refractivity contribution is 0.00578. The van der Waals surface area contributed by atoms with Crippen LogP contribution in [0.5, 0.6) is 0 Å². The normalized spacial score (nSPS) is 20.9. The summed E-state index contributed by atoms with van der Waals surface area (Å²) in [7, 11) is -0.423. The van der Waals surface area contributed by atoms with Gasteiger partial charge in [0, 0.05) is 12.6 Å². The zero-order valence-electron chi connectivity index (χ0n) is 21.2. The fourth-order valence-electron chi connectivity index (χ4n) is 4.37. The number of urea groups is 1. The summed E-state index contributed by atoms with van der Waals surface area (Å²) in [6, 6.07) is 7.00. The van der Waals surface area contributed by atoms with Gasteiger partial charge >= 0.3 is 19.2 Å². The summed E-state index contributed by atoms with van der Waals surface area (Å²) in [6.07, 6.45) is 2.05. The van der Waals surface area contributed by atoms with E-state index in [1.54, 1.807) is 24.9 Å². The smallest absolute Gasteiger partial charge is 0.464 e. The highest BCUT2D eigenvalue weighted by Crippen LogP contribution is 2.37. The third kappa shape index (κ3) is 4.88. The van der Waals surface area contributed by atoms with Crippen LogP contribution >= 0.6 is 0 Å². The van der Waals surface area contributed by atoms with Gasteiger partial charge in [0.15, 0.2) is 0 Å². The van der Waals surface area contributed by atoms with Crippen molar-refractivity contribution in [2.75, 3.05) is 6.54 Å². The first-order valence-corrected chi connectivity index (χ1v) is 12.0. The molecule has 2 aromatic rings. The number of carbonyl (C=O) groups is 2. The minimum Gasteiger partial charge on any atom is -0.464 e. The summed E-state index contributed by atoms with van der Waals surface area (Å²) in [6.45, 7) is 12.2. The van der Waals surface area contributed by atoms with Gasteiger partial charge in [-0.15, -0.1) is 0 Å². The van der Waals surface area contributed by atoms with Crippen molar-refractivity contribution in [2.45, 2.75) is 77.7 Å². The lowest BCUT2D eigenvalue weighted by atomic mass is 9.79. The van der Waals surface area contributed by atoms with Crippen molar-refractivity contribution in [1.82, 2.24) is 25.3 Å². The summed E-state index contributed by atoms with van der Waals surface area (Å²) in [5, 5.41) is 10.3. The highest BCUT2D eigenvalue weighted by atomic mass is 16.7. The fraction of sp³-hybridized carbons (Fsp3) is 0.542. The number of aromatic nitrogens is 2. The van der Waals surface area contributed by atoms with Gasteiger partial charge in [-0.05, 0) is 65.4 Å². The third-order valence-corrected chi connectivity index (χ3v) is 7.10. The van der Waals surface area contributed by atoms with Gasteiger partial charge in [-0.25, -0.2) is 25.0 Å². The number of likely N-dealkylation sites (tertiary alicyclic amines) is 1. The van der Waals surface area contributed by atoms with Gasteiger partial charge in [-0.1, -0.05) is 24.3 Å². The molecule has 1 aromatic heterocycles. The standard InChI is InChI=1S/C24H34BN5O5/c1-15(2)30(28-21(31)32)22(33)29-13-7-8-19(29)20-26-14-18(27-20)16-9-11-17(12-10-16)25-34-23(3,4)24(5,6)35-25/h9-12,14-15,19,28H,7-8,13H2,1-6H3,(H,26,27)(H,31,32). The van der Waals surface area contributed by atoms with Crippen molar-refractivity contribution in [1.29, 1.82) is 0 Å². The Morgan fingerprint density at radius 2 is 1.83 bits per heavy atom. The molecule has 1 aromatic carbocycles. The Balaban J connectivity index is 1.49. The number of imidazole rings is 1. The summed E-state index contributed by atoms with van der Waals surface area (Å²) >= 11 is 0. The zero-order chi connectivity index (χ0) is 25.5. The van der Waals surface area contributed by atoms with Gasteiger partial charge in [0.1, 0.15) is 5.82 Å². The maximum Gasteiger partial charge on any atom is 0.494 e. The van der Waals surface area contributed by atoms with Gasteiger partial charge in [-0.2, -0.15) is 0 Å². The van der Waals surface area contributed by atoms with Gasteiger partial charge in [-0.3, -0.25) is 0 Å². The summed E-state index contributed by atoms with van der Waals surface area (Å²) in [4.78, 5) is 33.8. The quantitative estimate of drug-likeness (QED) is 0.452. The molecular weight excluding hydrogens is 449 g/mol. The molecule has 2 aliphatic rings. The van der Waals surface area contributed by atoms with Crippen molar-refractivity contribution >= 4 is 24.7 Å². The Labute approximate surface area is 206 Å². The molecule has 10 nitrogen and oxygen atoms in total. The van der Waals surface area contributed by atoms with Crippen molar-refractivity contribution in [3.8, 4) is 11.3 Å². The van der Waals surface area contributed by atoms with E-state index >= 15 is 0 Å². The lowest BCUT2D eigenvalue weighted by Gasteiger charge is -2.32. The van der Waals surface area contributed by atoms with Crippen LogP contribution in [0, 0.1) is 0 Å². The molecule has 3 amide bonds. The largest absolute Gasteiger partial charge is 0.494 e. The molecule has 0 bridgehead atoms. The number of rotatable bonds is 4. The molecule has 11 heteroatoms. The maximum absolute atomic E-state index is 13.1. The Morgan fingerprint density at radius 1 is 1.20 bits per heavy atom. The number of hydrogen-bond donors (Lipinski definition) is 3. The summed E-state index contributed by atoms with van der Waals surface area (Å²) in [5.74, 6) is 0.680. The van der Waals surface area contributed by atoms with Crippen LogP contribution in [0.1, 0.15) is 66.3 Å². The van der Waals surface area contributed by atoms with E-state index < -0.39 is 24.4 Å². The molecule has 2 aliphatic heterocycles. The van der Waals surface area contributed by atoms with Crippen molar-refractivity contribution in [3.05, 3.63) is 36.3 Å². The second kappa shape index (κ2) is 9.20. The second-order valence-electron chi connectivity index (χ2n) is 10.4. The average molecular weight is 483 g/mol. The number of nitrogens with one attached hydrogen (secondary N) is 2. The van der Waals surface area contributed by atoms with Crippen molar-refractivity contribution < 1.29 is 24.0 Å². The number of benzene rings is 1. The Kier molecular flexibility index (Phi) is 6.59. The molecule has 0 aliphatic carbocycles. The molecule has 1 unspecified atom stereocenters. The second-order valence-corrected chi connectivity index (χ2v) is 10.4. The summed E-state index contributed by atoms with van der Waals surface area (Å²) < 4.78 is 12.3. The average Bonchev–Trinajstić information content (AvgIpc) is 3.49. The van der Waals surface area contributed by atoms with E-state index in [1.165, 1.54) is 0 Å². The number of nitrogens with zero attached hydrogens (tertiary/aromatic N) is 3. The molecule has 188 valence electrons. The molecule has 4 rings (SSSR count). The number of carbonyl (C=O) groups excluding carboxylic acids is 1. The molecule has 35 heavy (non-hydrogen) atoms. The van der Waals surface area contributed by atoms with E-state index in [0.29, 0.717) is 12.4 Å². The lowest BCUT2D eigenvalue weighted by Crippen LogP contribution is -2.54. The number of carboxylic acid groups (broad SMARTS) is 1. The molecular formula is C24H34BN5O5. The fourth-order valence-corrected chi connectivity index (χ4v) is 4.37. The molecule has 0 saturated carbocycles. The topological polar surface area (TPSA) is 120 Å². The predicted molar refractivity (Wildman–Crippen MR) is 132 cm³/mol. The number of hydrogen-bond acceptors (Lipinski definition) is 5. The van der Waals surface area contributed by atoms with Gasteiger partial charge in [0.25, 0.3) is 0 Å². The molecule has 2 fully saturated rings. The minimum atomic E-state index is -1.27. The zero-order valence-corrected chi connectivity index (χ0v) is 21.2. The monoisotopic (exact) mass is 483 g/mol. The van der Waals surface area contributed by atoms with E-state index in [0.717, 1.165) is 34.6 Å². The van der Waals surface area contributed by atoms with Crippen LogP contribution in [0.4, 0.5) is 9.59 Å². The van der Waals surface area contributed by atoms with Crippen LogP contribution in [-0.2, 0) is 9.31 Å². The van der Waals surface area contributed by atoms with Crippen LogP contribution < -0.4 is 10.9 Å². The minimum absolute atomic E-state index is 0.253. The number of hydrazine groups is 1. The molecule has 2 saturated heterocycles. The van der Waals surface area contributed by atoms with Crippen molar-refractivity contribution in [2.24, 2.45) is 0 Å². The highest BCUT2D eigenvalue weighted by molar-refractivity contribution is 6.62. The van der Waals surface area contributed by atoms with Crippen LogP contribution in [-0.4, -0.2) is 68.0 Å². The molecule has 1 atom stereocenters. The predicted octanol–water partition coefficient (Wildman–Crippen LogP) is 3.53. The Hall–Kier alpha value is -3.05. The Bertz CT molecular complexity index is 1070. The van der Waals surface area contributed by atoms with Gasteiger partial charge in [0.05, 0.1) is 29.1 Å². The SMILES string of the molecule is CC(C)N(NC(=O)O)C(=O)N1CCCC1c1ncc(-c2ccc(B3OC(C)(C)C(C)(C)O3)cc2)[nH]1. The number of H-pyrrole nitrogens is 1. The first-order valence-electron chi connectivity index (χ1n) is 12.0.